The highest BCUT2D eigenvalue weighted by atomic mass is 32.2. The number of thioether (sulfide) groups is 1. The molecule has 1 aliphatic carbocycles. The maximum Gasteiger partial charge on any atom is 0.230 e. The molecule has 1 amide bonds. The van der Waals surface area contributed by atoms with Crippen LogP contribution in [0.3, 0.4) is 0 Å². The molecule has 0 aliphatic heterocycles. The normalized spacial score (nSPS) is 15.3. The van der Waals surface area contributed by atoms with E-state index in [9.17, 15) is 4.79 Å². The Kier molecular flexibility index (Phi) is 3.30. The first kappa shape index (κ1) is 10.5. The quantitative estimate of drug-likeness (QED) is 0.771. The van der Waals surface area contributed by atoms with Crippen LogP contribution in [0, 0.1) is 0 Å². The lowest BCUT2D eigenvalue weighted by Gasteiger charge is -2.05. The van der Waals surface area contributed by atoms with Crippen molar-refractivity contribution < 1.29 is 4.79 Å². The Bertz CT molecular complexity index is 346. The van der Waals surface area contributed by atoms with Crippen LogP contribution in [0.25, 0.3) is 0 Å². The van der Waals surface area contributed by atoms with Gasteiger partial charge in [0.2, 0.25) is 5.91 Å². The molecular formula is C10H15N3OS. The second-order valence-electron chi connectivity index (χ2n) is 3.59. The second-order valence-corrected chi connectivity index (χ2v) is 4.53. The highest BCUT2D eigenvalue weighted by Gasteiger charge is 2.25. The SMILES string of the molecule is CCNC(=O)CSc1nccn1C1CC1. The zero-order chi connectivity index (χ0) is 10.7. The number of carbonyl (C=O) groups excluding carboxylic acids is 1. The molecule has 0 aromatic carbocycles. The van der Waals surface area contributed by atoms with E-state index >= 15 is 0 Å². The first-order chi connectivity index (χ1) is 7.31. The van der Waals surface area contributed by atoms with Gasteiger partial charge in [0.25, 0.3) is 0 Å². The van der Waals surface area contributed by atoms with E-state index < -0.39 is 0 Å². The van der Waals surface area contributed by atoms with Crippen LogP contribution in [-0.4, -0.2) is 27.8 Å². The lowest BCUT2D eigenvalue weighted by atomic mass is 10.6. The van der Waals surface area contributed by atoms with E-state index in [0.29, 0.717) is 18.3 Å². The fraction of sp³-hybridized carbons (Fsp3) is 0.600. The minimum absolute atomic E-state index is 0.0767. The van der Waals surface area contributed by atoms with Gasteiger partial charge >= 0.3 is 0 Å². The Morgan fingerprint density at radius 1 is 1.73 bits per heavy atom. The van der Waals surface area contributed by atoms with Gasteiger partial charge in [0.1, 0.15) is 0 Å². The molecule has 0 spiro atoms. The van der Waals surface area contributed by atoms with Crippen molar-refractivity contribution in [3.05, 3.63) is 12.4 Å². The van der Waals surface area contributed by atoms with Crippen LogP contribution >= 0.6 is 11.8 Å². The maximum atomic E-state index is 11.3. The fourth-order valence-corrected chi connectivity index (χ4v) is 2.28. The van der Waals surface area contributed by atoms with Crippen LogP contribution in [0.5, 0.6) is 0 Å². The topological polar surface area (TPSA) is 46.9 Å². The van der Waals surface area contributed by atoms with Crippen LogP contribution in [0.4, 0.5) is 0 Å². The molecule has 0 bridgehead atoms. The molecule has 1 aromatic rings. The summed E-state index contributed by atoms with van der Waals surface area (Å²) in [7, 11) is 0. The molecule has 2 rings (SSSR count). The minimum atomic E-state index is 0.0767. The third kappa shape index (κ3) is 2.75. The van der Waals surface area contributed by atoms with Gasteiger partial charge in [0, 0.05) is 25.0 Å². The summed E-state index contributed by atoms with van der Waals surface area (Å²) in [4.78, 5) is 15.5. The molecule has 0 radical (unpaired) electrons. The molecule has 1 heterocycles. The molecule has 4 nitrogen and oxygen atoms in total. The Labute approximate surface area is 93.5 Å². The molecule has 0 saturated heterocycles. The van der Waals surface area contributed by atoms with Gasteiger partial charge in [-0.15, -0.1) is 0 Å². The van der Waals surface area contributed by atoms with Gasteiger partial charge in [-0.05, 0) is 19.8 Å². The molecule has 0 unspecified atom stereocenters. The van der Waals surface area contributed by atoms with Crippen LogP contribution in [0.2, 0.25) is 0 Å². The molecule has 1 N–H and O–H groups in total. The summed E-state index contributed by atoms with van der Waals surface area (Å²) >= 11 is 1.51. The van der Waals surface area contributed by atoms with Crippen molar-refractivity contribution in [3.8, 4) is 0 Å². The highest BCUT2D eigenvalue weighted by molar-refractivity contribution is 7.99. The van der Waals surface area contributed by atoms with E-state index in [-0.39, 0.29) is 5.91 Å². The summed E-state index contributed by atoms with van der Waals surface area (Å²) in [6.07, 6.45) is 6.28. The molecular weight excluding hydrogens is 210 g/mol. The first-order valence-electron chi connectivity index (χ1n) is 5.23. The number of nitrogens with one attached hydrogen (secondary N) is 1. The van der Waals surface area contributed by atoms with Gasteiger partial charge in [-0.25, -0.2) is 4.98 Å². The van der Waals surface area contributed by atoms with E-state index in [1.54, 1.807) is 6.20 Å². The smallest absolute Gasteiger partial charge is 0.230 e. The van der Waals surface area contributed by atoms with Gasteiger partial charge in [-0.1, -0.05) is 11.8 Å². The standard InChI is InChI=1S/C10H15N3OS/c1-2-11-9(14)7-15-10-12-5-6-13(10)8-3-4-8/h5-6,8H,2-4,7H2,1H3,(H,11,14). The lowest BCUT2D eigenvalue weighted by molar-refractivity contribution is -0.118. The average Bonchev–Trinajstić information content (AvgIpc) is 2.96. The van der Waals surface area contributed by atoms with Gasteiger partial charge in [-0.3, -0.25) is 4.79 Å². The molecule has 1 saturated carbocycles. The van der Waals surface area contributed by atoms with Crippen molar-refractivity contribution in [2.45, 2.75) is 31.0 Å². The van der Waals surface area contributed by atoms with Crippen LogP contribution in [0.15, 0.2) is 17.6 Å². The number of amides is 1. The zero-order valence-electron chi connectivity index (χ0n) is 8.77. The first-order valence-corrected chi connectivity index (χ1v) is 6.22. The van der Waals surface area contributed by atoms with E-state index in [1.807, 2.05) is 13.1 Å². The Morgan fingerprint density at radius 2 is 2.53 bits per heavy atom. The molecule has 1 aliphatic rings. The molecule has 82 valence electrons. The monoisotopic (exact) mass is 225 g/mol. The zero-order valence-corrected chi connectivity index (χ0v) is 9.59. The summed E-state index contributed by atoms with van der Waals surface area (Å²) in [6.45, 7) is 2.62. The maximum absolute atomic E-state index is 11.3. The van der Waals surface area contributed by atoms with Crippen molar-refractivity contribution in [3.63, 3.8) is 0 Å². The van der Waals surface area contributed by atoms with Crippen LogP contribution in [0.1, 0.15) is 25.8 Å². The van der Waals surface area contributed by atoms with Crippen molar-refractivity contribution >= 4 is 17.7 Å². The van der Waals surface area contributed by atoms with Crippen molar-refractivity contribution in [1.29, 1.82) is 0 Å². The largest absolute Gasteiger partial charge is 0.356 e. The fourth-order valence-electron chi connectivity index (χ4n) is 1.42. The molecule has 0 atom stereocenters. The number of nitrogens with zero attached hydrogens (tertiary/aromatic N) is 2. The average molecular weight is 225 g/mol. The number of imidazole rings is 1. The summed E-state index contributed by atoms with van der Waals surface area (Å²) in [5.74, 6) is 0.533. The number of rotatable bonds is 5. The molecule has 1 fully saturated rings. The summed E-state index contributed by atoms with van der Waals surface area (Å²) in [5.41, 5.74) is 0. The van der Waals surface area contributed by atoms with E-state index in [0.717, 1.165) is 5.16 Å². The van der Waals surface area contributed by atoms with Crippen molar-refractivity contribution in [1.82, 2.24) is 14.9 Å². The van der Waals surface area contributed by atoms with Crippen LogP contribution in [-0.2, 0) is 4.79 Å². The predicted molar refractivity (Wildman–Crippen MR) is 59.9 cm³/mol. The second kappa shape index (κ2) is 4.70. The van der Waals surface area contributed by atoms with Crippen molar-refractivity contribution in [2.75, 3.05) is 12.3 Å². The minimum Gasteiger partial charge on any atom is -0.356 e. The van der Waals surface area contributed by atoms with Gasteiger partial charge in [0.15, 0.2) is 5.16 Å². The number of hydrogen-bond donors (Lipinski definition) is 1. The van der Waals surface area contributed by atoms with Crippen molar-refractivity contribution in [2.24, 2.45) is 0 Å². The molecule has 1 aromatic heterocycles. The third-order valence-corrected chi connectivity index (χ3v) is 3.26. The lowest BCUT2D eigenvalue weighted by Crippen LogP contribution is -2.24. The van der Waals surface area contributed by atoms with E-state index in [4.69, 9.17) is 0 Å². The third-order valence-electron chi connectivity index (χ3n) is 2.28. The number of carbonyl (C=O) groups is 1. The van der Waals surface area contributed by atoms with E-state index in [1.165, 1.54) is 24.6 Å². The Balaban J connectivity index is 1.87. The summed E-state index contributed by atoms with van der Waals surface area (Å²) in [6, 6.07) is 0.629. The summed E-state index contributed by atoms with van der Waals surface area (Å²) < 4.78 is 2.17. The van der Waals surface area contributed by atoms with Gasteiger partial charge in [-0.2, -0.15) is 0 Å². The number of aromatic nitrogens is 2. The number of hydrogen-bond acceptors (Lipinski definition) is 3. The Hall–Kier alpha value is -0.970. The highest BCUT2D eigenvalue weighted by Crippen LogP contribution is 2.37. The summed E-state index contributed by atoms with van der Waals surface area (Å²) in [5, 5.41) is 3.74. The predicted octanol–water partition coefficient (Wildman–Crippen LogP) is 1.45. The van der Waals surface area contributed by atoms with Crippen LogP contribution < -0.4 is 5.32 Å². The van der Waals surface area contributed by atoms with Gasteiger partial charge in [0.05, 0.1) is 5.75 Å². The Morgan fingerprint density at radius 3 is 3.20 bits per heavy atom. The van der Waals surface area contributed by atoms with E-state index in [2.05, 4.69) is 14.9 Å². The molecule has 15 heavy (non-hydrogen) atoms. The molecule has 5 heteroatoms. The van der Waals surface area contributed by atoms with Gasteiger partial charge < -0.3 is 9.88 Å².